The molecule has 9 nitrogen and oxygen atoms in total. The van der Waals surface area contributed by atoms with Crippen LogP contribution in [0.4, 0.5) is 5.82 Å². The summed E-state index contributed by atoms with van der Waals surface area (Å²) in [6.45, 7) is 4.05. The van der Waals surface area contributed by atoms with E-state index in [0.29, 0.717) is 34.9 Å². The van der Waals surface area contributed by atoms with Crippen LogP contribution in [0.3, 0.4) is 0 Å². The molecule has 1 aliphatic heterocycles. The molecule has 184 valence electrons. The highest BCUT2D eigenvalue weighted by molar-refractivity contribution is 7.97. The average molecular weight is 514 g/mol. The van der Waals surface area contributed by atoms with Gasteiger partial charge >= 0.3 is 0 Å². The molecule has 3 aromatic heterocycles. The number of anilines is 1. The smallest absolute Gasteiger partial charge is 0.223 e. The number of rotatable bonds is 7. The average Bonchev–Trinajstić information content (AvgIpc) is 3.32. The van der Waals surface area contributed by atoms with Crippen molar-refractivity contribution in [1.82, 2.24) is 29.2 Å². The molecule has 0 bridgehead atoms. The number of hydrogen-bond donors (Lipinski definition) is 2. The largest absolute Gasteiger partial charge is 0.477 e. The number of pyridine rings is 1. The number of nitrogens with zero attached hydrogens (tertiary/aromatic N) is 5. The first-order valence-electron chi connectivity index (χ1n) is 11.5. The molecule has 35 heavy (non-hydrogen) atoms. The first-order chi connectivity index (χ1) is 16.8. The lowest BCUT2D eigenvalue weighted by Crippen LogP contribution is -2.38. The van der Waals surface area contributed by atoms with Crippen molar-refractivity contribution in [2.45, 2.75) is 25.8 Å². The van der Waals surface area contributed by atoms with Crippen molar-refractivity contribution in [2.24, 2.45) is 5.92 Å². The van der Waals surface area contributed by atoms with Gasteiger partial charge in [-0.1, -0.05) is 23.7 Å². The van der Waals surface area contributed by atoms with E-state index in [1.165, 1.54) is 6.33 Å². The highest BCUT2D eigenvalue weighted by Crippen LogP contribution is 2.34. The zero-order chi connectivity index (χ0) is 24.6. The summed E-state index contributed by atoms with van der Waals surface area (Å²) in [5, 5.41) is 5.77. The van der Waals surface area contributed by atoms with Crippen molar-refractivity contribution in [3.05, 3.63) is 47.6 Å². The number of aromatic nitrogens is 5. The molecule has 5 rings (SSSR count). The maximum Gasteiger partial charge on any atom is 0.223 e. The highest BCUT2D eigenvalue weighted by Gasteiger charge is 2.24. The number of ether oxygens (including phenoxy) is 1. The van der Waals surface area contributed by atoms with Crippen molar-refractivity contribution >= 4 is 54.9 Å². The number of piperidine rings is 1. The standard InChI is InChI=1S/C24H28ClN7O2S/c1-15(30-23-21-22(27-13-26-21)28-14-29-23)19-11-17-5-4-6-18(25)20(17)24(31-19)34-12-16-7-9-32(10-8-16)35(2,3)33/h4-6,11,13-16H,2,7-10,12H2,1,3H3,(H2,26,27,28,29,30)/t15-,35?/m0/s1. The second-order valence-electron chi connectivity index (χ2n) is 9.02. The minimum Gasteiger partial charge on any atom is -0.477 e. The van der Waals surface area contributed by atoms with Crippen LogP contribution < -0.4 is 10.1 Å². The molecule has 0 saturated carbocycles. The first-order valence-corrected chi connectivity index (χ1v) is 14.0. The van der Waals surface area contributed by atoms with Crippen molar-refractivity contribution in [2.75, 3.05) is 31.3 Å². The van der Waals surface area contributed by atoms with Crippen LogP contribution in [0, 0.1) is 5.92 Å². The summed E-state index contributed by atoms with van der Waals surface area (Å²) in [4.78, 5) is 20.7. The minimum absolute atomic E-state index is 0.167. The minimum atomic E-state index is -2.16. The zero-order valence-electron chi connectivity index (χ0n) is 19.7. The molecule has 0 spiro atoms. The Hall–Kier alpha value is -2.95. The van der Waals surface area contributed by atoms with Gasteiger partial charge in [-0.15, -0.1) is 0 Å². The maximum absolute atomic E-state index is 12.2. The predicted octanol–water partition coefficient (Wildman–Crippen LogP) is 4.08. The fourth-order valence-corrected chi connectivity index (χ4v) is 5.64. The fraction of sp³-hybridized carbons (Fsp3) is 0.375. The van der Waals surface area contributed by atoms with Crippen LogP contribution in [0.25, 0.3) is 21.9 Å². The lowest BCUT2D eigenvalue weighted by molar-refractivity contribution is 0.185. The third-order valence-electron chi connectivity index (χ3n) is 6.39. The van der Waals surface area contributed by atoms with Gasteiger partial charge in [-0.25, -0.2) is 24.2 Å². The van der Waals surface area contributed by atoms with Crippen molar-refractivity contribution < 1.29 is 8.95 Å². The number of hydrogen-bond acceptors (Lipinski definition) is 7. The molecule has 1 aliphatic rings. The van der Waals surface area contributed by atoms with Crippen LogP contribution in [-0.4, -0.2) is 65.3 Å². The fourth-order valence-electron chi connectivity index (χ4n) is 4.39. The summed E-state index contributed by atoms with van der Waals surface area (Å²) in [5.41, 5.74) is 2.14. The Kier molecular flexibility index (Phi) is 6.52. The number of aromatic amines is 1. The Morgan fingerprint density at radius 3 is 2.89 bits per heavy atom. The van der Waals surface area contributed by atoms with Gasteiger partial charge in [-0.3, -0.25) is 4.21 Å². The van der Waals surface area contributed by atoms with E-state index in [9.17, 15) is 4.21 Å². The summed E-state index contributed by atoms with van der Waals surface area (Å²) in [7, 11) is -2.16. The maximum atomic E-state index is 12.2. The van der Waals surface area contributed by atoms with E-state index in [0.717, 1.165) is 47.9 Å². The zero-order valence-corrected chi connectivity index (χ0v) is 21.3. The Bertz CT molecular complexity index is 1470. The van der Waals surface area contributed by atoms with E-state index in [2.05, 4.69) is 31.1 Å². The van der Waals surface area contributed by atoms with Crippen LogP contribution in [0.1, 0.15) is 31.5 Å². The van der Waals surface area contributed by atoms with Gasteiger partial charge in [0.2, 0.25) is 5.88 Å². The second kappa shape index (κ2) is 9.60. The molecule has 1 fully saturated rings. The summed E-state index contributed by atoms with van der Waals surface area (Å²) in [5.74, 6) is 5.32. The summed E-state index contributed by atoms with van der Waals surface area (Å²) in [6.07, 6.45) is 6.57. The summed E-state index contributed by atoms with van der Waals surface area (Å²) < 4.78 is 20.5. The van der Waals surface area contributed by atoms with E-state index in [1.807, 2.05) is 35.5 Å². The molecule has 2 N–H and O–H groups in total. The SMILES string of the molecule is C=S(C)(=O)N1CCC(COc2nc([C@H](C)Nc3ncnc4nc[nH]c34)cc3cccc(Cl)c23)CC1. The number of H-pyrrole nitrogens is 1. The summed E-state index contributed by atoms with van der Waals surface area (Å²) >= 11 is 6.56. The second-order valence-corrected chi connectivity index (χ2v) is 11.9. The molecule has 4 heterocycles. The normalized spacial score (nSPS) is 17.9. The van der Waals surface area contributed by atoms with Gasteiger partial charge in [-0.2, -0.15) is 0 Å². The van der Waals surface area contributed by atoms with E-state index in [4.69, 9.17) is 21.3 Å². The Morgan fingerprint density at radius 1 is 1.31 bits per heavy atom. The van der Waals surface area contributed by atoms with Gasteiger partial charge in [0.05, 0.1) is 35.1 Å². The van der Waals surface area contributed by atoms with E-state index in [-0.39, 0.29) is 6.04 Å². The third kappa shape index (κ3) is 5.05. The molecular formula is C24H28ClN7O2S. The van der Waals surface area contributed by atoms with E-state index < -0.39 is 9.71 Å². The van der Waals surface area contributed by atoms with Crippen LogP contribution in [0.5, 0.6) is 5.88 Å². The molecular weight excluding hydrogens is 486 g/mol. The summed E-state index contributed by atoms with van der Waals surface area (Å²) in [6, 6.07) is 7.63. The number of imidazole rings is 1. The van der Waals surface area contributed by atoms with Gasteiger partial charge in [0, 0.05) is 29.1 Å². The van der Waals surface area contributed by atoms with Gasteiger partial charge < -0.3 is 15.0 Å². The Morgan fingerprint density at radius 2 is 2.11 bits per heavy atom. The topological polar surface area (TPSA) is 109 Å². The van der Waals surface area contributed by atoms with Crippen molar-refractivity contribution in [3.63, 3.8) is 0 Å². The van der Waals surface area contributed by atoms with Crippen LogP contribution in [0.2, 0.25) is 5.02 Å². The monoisotopic (exact) mass is 513 g/mol. The van der Waals surface area contributed by atoms with Gasteiger partial charge in [0.25, 0.3) is 0 Å². The molecule has 1 unspecified atom stereocenters. The molecule has 0 amide bonds. The Balaban J connectivity index is 1.38. The molecule has 1 aromatic carbocycles. The molecule has 2 atom stereocenters. The van der Waals surface area contributed by atoms with Crippen molar-refractivity contribution in [3.8, 4) is 5.88 Å². The molecule has 1 saturated heterocycles. The first kappa shape index (κ1) is 23.8. The number of nitrogens with one attached hydrogen (secondary N) is 2. The molecule has 0 radical (unpaired) electrons. The molecule has 0 aliphatic carbocycles. The van der Waals surface area contributed by atoms with Crippen LogP contribution in [0.15, 0.2) is 36.9 Å². The molecule has 11 heteroatoms. The van der Waals surface area contributed by atoms with Crippen molar-refractivity contribution in [1.29, 1.82) is 0 Å². The van der Waals surface area contributed by atoms with Gasteiger partial charge in [0.15, 0.2) is 11.5 Å². The van der Waals surface area contributed by atoms with Gasteiger partial charge in [-0.05, 0) is 49.1 Å². The number of benzene rings is 1. The van der Waals surface area contributed by atoms with Gasteiger partial charge in [0.1, 0.15) is 11.8 Å². The predicted molar refractivity (Wildman–Crippen MR) is 141 cm³/mol. The quantitative estimate of drug-likeness (QED) is 0.358. The number of fused-ring (bicyclic) bond motifs is 2. The lowest BCUT2D eigenvalue weighted by Gasteiger charge is -2.32. The third-order valence-corrected chi connectivity index (χ3v) is 8.16. The highest BCUT2D eigenvalue weighted by atomic mass is 35.5. The van der Waals surface area contributed by atoms with Crippen LogP contribution >= 0.6 is 11.6 Å². The Labute approximate surface area is 209 Å². The van der Waals surface area contributed by atoms with E-state index >= 15 is 0 Å². The lowest BCUT2D eigenvalue weighted by atomic mass is 9.99. The molecule has 4 aromatic rings. The number of halogens is 1. The van der Waals surface area contributed by atoms with E-state index in [1.54, 1.807) is 12.6 Å². The van der Waals surface area contributed by atoms with Crippen LogP contribution in [-0.2, 0) is 9.71 Å².